The Morgan fingerprint density at radius 2 is 1.61 bits per heavy atom. The minimum absolute atomic E-state index is 0.0127. The predicted octanol–water partition coefficient (Wildman–Crippen LogP) is 3.44. The van der Waals surface area contributed by atoms with E-state index in [9.17, 15) is 9.59 Å². The Bertz CT molecular complexity index is 863. The molecule has 2 aliphatic rings. The van der Waals surface area contributed by atoms with Crippen molar-refractivity contribution in [1.29, 1.82) is 0 Å². The zero-order valence-electron chi connectivity index (χ0n) is 18.2. The Morgan fingerprint density at radius 1 is 0.968 bits per heavy atom. The third kappa shape index (κ3) is 5.73. The lowest BCUT2D eigenvalue weighted by molar-refractivity contribution is -0.134. The van der Waals surface area contributed by atoms with Crippen LogP contribution in [0, 0.1) is 0 Å². The molecule has 1 unspecified atom stereocenters. The number of nitrogens with zero attached hydrogens (tertiary/aromatic N) is 1. The highest BCUT2D eigenvalue weighted by molar-refractivity contribution is 5.92. The normalized spacial score (nSPS) is 23.0. The van der Waals surface area contributed by atoms with Gasteiger partial charge in [-0.2, -0.15) is 0 Å². The number of piperidine rings is 1. The summed E-state index contributed by atoms with van der Waals surface area (Å²) < 4.78 is 0. The zero-order chi connectivity index (χ0) is 21.5. The second kappa shape index (κ2) is 10.1. The molecule has 2 heterocycles. The number of hydrogen-bond donors (Lipinski definition) is 2. The van der Waals surface area contributed by atoms with Crippen LogP contribution in [0.5, 0.6) is 0 Å². The van der Waals surface area contributed by atoms with Crippen LogP contribution in [0.1, 0.15) is 49.7 Å². The molecule has 2 amide bonds. The number of amides is 2. The summed E-state index contributed by atoms with van der Waals surface area (Å²) >= 11 is 0. The van der Waals surface area contributed by atoms with Crippen molar-refractivity contribution in [2.24, 2.45) is 0 Å². The molecule has 2 fully saturated rings. The average Bonchev–Trinajstić information content (AvgIpc) is 2.98. The van der Waals surface area contributed by atoms with E-state index in [4.69, 9.17) is 0 Å². The van der Waals surface area contributed by atoms with Crippen molar-refractivity contribution in [3.05, 3.63) is 71.8 Å². The fourth-order valence-corrected chi connectivity index (χ4v) is 4.83. The SMILES string of the molecule is O=C1CCCCC(Cc2ccccc2)(C(=O)NC2CCN(Cc3ccccc3)CC2)N1. The van der Waals surface area contributed by atoms with Gasteiger partial charge in [-0.25, -0.2) is 0 Å². The Hall–Kier alpha value is -2.66. The molecule has 0 aromatic heterocycles. The van der Waals surface area contributed by atoms with Crippen LogP contribution in [0.4, 0.5) is 0 Å². The molecule has 2 N–H and O–H groups in total. The molecule has 2 aliphatic heterocycles. The minimum atomic E-state index is -0.851. The fourth-order valence-electron chi connectivity index (χ4n) is 4.83. The molecule has 0 aliphatic carbocycles. The Morgan fingerprint density at radius 3 is 2.29 bits per heavy atom. The highest BCUT2D eigenvalue weighted by atomic mass is 16.2. The van der Waals surface area contributed by atoms with Crippen molar-refractivity contribution >= 4 is 11.8 Å². The van der Waals surface area contributed by atoms with Crippen LogP contribution in [0.2, 0.25) is 0 Å². The van der Waals surface area contributed by atoms with E-state index in [-0.39, 0.29) is 17.9 Å². The van der Waals surface area contributed by atoms with E-state index in [1.807, 2.05) is 36.4 Å². The highest BCUT2D eigenvalue weighted by Crippen LogP contribution is 2.26. The van der Waals surface area contributed by atoms with Gasteiger partial charge >= 0.3 is 0 Å². The van der Waals surface area contributed by atoms with Gasteiger partial charge in [0.2, 0.25) is 11.8 Å². The Balaban J connectivity index is 1.39. The standard InChI is InChI=1S/C26H33N3O2/c30-24-13-7-8-16-26(28-24,19-21-9-3-1-4-10-21)25(31)27-23-14-17-29(18-15-23)20-22-11-5-2-6-12-22/h1-6,9-12,23H,7-8,13-20H2,(H,27,31)(H,28,30). The van der Waals surface area contributed by atoms with Gasteiger partial charge < -0.3 is 10.6 Å². The van der Waals surface area contributed by atoms with Crippen molar-refractivity contribution < 1.29 is 9.59 Å². The summed E-state index contributed by atoms with van der Waals surface area (Å²) in [5, 5.41) is 6.41. The number of benzene rings is 2. The molecule has 5 heteroatoms. The number of carbonyl (C=O) groups excluding carboxylic acids is 2. The molecule has 0 saturated carbocycles. The molecule has 1 atom stereocenters. The van der Waals surface area contributed by atoms with Crippen molar-refractivity contribution in [1.82, 2.24) is 15.5 Å². The first kappa shape index (κ1) is 21.6. The summed E-state index contributed by atoms with van der Waals surface area (Å²) in [6.45, 7) is 2.89. The van der Waals surface area contributed by atoms with Gasteiger partial charge in [0.25, 0.3) is 0 Å². The smallest absolute Gasteiger partial charge is 0.246 e. The summed E-state index contributed by atoms with van der Waals surface area (Å²) in [6.07, 6.45) is 5.33. The number of likely N-dealkylation sites (tertiary alicyclic amines) is 1. The first-order chi connectivity index (χ1) is 15.1. The summed E-state index contributed by atoms with van der Waals surface area (Å²) in [6, 6.07) is 20.7. The maximum Gasteiger partial charge on any atom is 0.246 e. The molecule has 0 spiro atoms. The molecular formula is C26H33N3O2. The van der Waals surface area contributed by atoms with E-state index in [2.05, 4.69) is 39.8 Å². The maximum atomic E-state index is 13.5. The van der Waals surface area contributed by atoms with Crippen LogP contribution in [0.15, 0.2) is 60.7 Å². The van der Waals surface area contributed by atoms with E-state index in [0.29, 0.717) is 19.3 Å². The van der Waals surface area contributed by atoms with E-state index in [0.717, 1.165) is 50.9 Å². The third-order valence-corrected chi connectivity index (χ3v) is 6.59. The van der Waals surface area contributed by atoms with E-state index in [1.54, 1.807) is 0 Å². The summed E-state index contributed by atoms with van der Waals surface area (Å²) in [5.74, 6) is -0.0330. The van der Waals surface area contributed by atoms with Crippen LogP contribution in [-0.4, -0.2) is 41.4 Å². The van der Waals surface area contributed by atoms with E-state index >= 15 is 0 Å². The lowest BCUT2D eigenvalue weighted by Crippen LogP contribution is -2.61. The first-order valence-corrected chi connectivity index (χ1v) is 11.6. The molecule has 2 saturated heterocycles. The van der Waals surface area contributed by atoms with Crippen LogP contribution in [-0.2, 0) is 22.6 Å². The van der Waals surface area contributed by atoms with Gasteiger partial charge in [-0.15, -0.1) is 0 Å². The number of hydrogen-bond acceptors (Lipinski definition) is 3. The molecule has 4 rings (SSSR count). The van der Waals surface area contributed by atoms with Gasteiger partial charge in [0.1, 0.15) is 5.54 Å². The Labute approximate surface area is 185 Å². The fraction of sp³-hybridized carbons (Fsp3) is 0.462. The second-order valence-electron chi connectivity index (χ2n) is 9.01. The minimum Gasteiger partial charge on any atom is -0.351 e. The Kier molecular flexibility index (Phi) is 7.03. The lowest BCUT2D eigenvalue weighted by Gasteiger charge is -2.37. The monoisotopic (exact) mass is 419 g/mol. The average molecular weight is 420 g/mol. The van der Waals surface area contributed by atoms with Gasteiger partial charge in [0, 0.05) is 38.5 Å². The third-order valence-electron chi connectivity index (χ3n) is 6.59. The molecule has 31 heavy (non-hydrogen) atoms. The van der Waals surface area contributed by atoms with Crippen LogP contribution in [0.25, 0.3) is 0 Å². The maximum absolute atomic E-state index is 13.5. The van der Waals surface area contributed by atoms with Crippen LogP contribution < -0.4 is 10.6 Å². The first-order valence-electron chi connectivity index (χ1n) is 11.6. The molecule has 164 valence electrons. The predicted molar refractivity (Wildman–Crippen MR) is 122 cm³/mol. The van der Waals surface area contributed by atoms with E-state index < -0.39 is 5.54 Å². The summed E-state index contributed by atoms with van der Waals surface area (Å²) in [5.41, 5.74) is 1.56. The molecule has 2 aromatic carbocycles. The molecule has 0 bridgehead atoms. The van der Waals surface area contributed by atoms with Gasteiger partial charge in [0.15, 0.2) is 0 Å². The molecule has 2 aromatic rings. The van der Waals surface area contributed by atoms with E-state index in [1.165, 1.54) is 5.56 Å². The van der Waals surface area contributed by atoms with Crippen molar-refractivity contribution in [2.45, 2.75) is 63.1 Å². The van der Waals surface area contributed by atoms with Crippen molar-refractivity contribution in [3.8, 4) is 0 Å². The second-order valence-corrected chi connectivity index (χ2v) is 9.01. The largest absolute Gasteiger partial charge is 0.351 e. The number of nitrogens with one attached hydrogen (secondary N) is 2. The quantitative estimate of drug-likeness (QED) is 0.754. The lowest BCUT2D eigenvalue weighted by atomic mass is 9.85. The van der Waals surface area contributed by atoms with Gasteiger partial charge in [-0.1, -0.05) is 67.1 Å². The van der Waals surface area contributed by atoms with Crippen molar-refractivity contribution in [2.75, 3.05) is 13.1 Å². The zero-order valence-corrected chi connectivity index (χ0v) is 18.2. The number of rotatable bonds is 6. The van der Waals surface area contributed by atoms with Crippen LogP contribution >= 0.6 is 0 Å². The molecule has 0 radical (unpaired) electrons. The molecule has 5 nitrogen and oxygen atoms in total. The summed E-state index contributed by atoms with van der Waals surface area (Å²) in [4.78, 5) is 28.4. The highest BCUT2D eigenvalue weighted by Gasteiger charge is 2.41. The summed E-state index contributed by atoms with van der Waals surface area (Å²) in [7, 11) is 0. The van der Waals surface area contributed by atoms with Crippen molar-refractivity contribution in [3.63, 3.8) is 0 Å². The van der Waals surface area contributed by atoms with Gasteiger partial charge in [-0.3, -0.25) is 14.5 Å². The molecular weight excluding hydrogens is 386 g/mol. The van der Waals surface area contributed by atoms with Crippen LogP contribution in [0.3, 0.4) is 0 Å². The van der Waals surface area contributed by atoms with Gasteiger partial charge in [0.05, 0.1) is 0 Å². The van der Waals surface area contributed by atoms with Gasteiger partial charge in [-0.05, 0) is 36.8 Å². The topological polar surface area (TPSA) is 61.4 Å². The number of carbonyl (C=O) groups is 2.